The first-order valence-electron chi connectivity index (χ1n) is 13.8. The number of amides is 2. The van der Waals surface area contributed by atoms with Crippen LogP contribution in [0.3, 0.4) is 0 Å². The van der Waals surface area contributed by atoms with E-state index in [2.05, 4.69) is 31.0 Å². The third kappa shape index (κ3) is 6.65. The van der Waals surface area contributed by atoms with E-state index in [-0.39, 0.29) is 16.7 Å². The van der Waals surface area contributed by atoms with Crippen molar-refractivity contribution in [2.45, 2.75) is 71.7 Å². The number of fused-ring (bicyclic) bond motifs is 1. The topological polar surface area (TPSA) is 90.0 Å². The fraction of sp³-hybridized carbons (Fsp3) is 0.571. The molecule has 3 rings (SSSR count). The molecule has 0 saturated heterocycles. The van der Waals surface area contributed by atoms with Crippen LogP contribution in [-0.4, -0.2) is 73.6 Å². The highest BCUT2D eigenvalue weighted by molar-refractivity contribution is 7.89. The fourth-order valence-electron chi connectivity index (χ4n) is 4.96. The van der Waals surface area contributed by atoms with Crippen molar-refractivity contribution in [2.75, 3.05) is 44.6 Å². The van der Waals surface area contributed by atoms with E-state index >= 15 is 0 Å². The summed E-state index contributed by atoms with van der Waals surface area (Å²) in [6.07, 6.45) is 3.59. The molecule has 0 atom stereocenters. The molecule has 1 aromatic carbocycles. The zero-order valence-corrected chi connectivity index (χ0v) is 25.0. The second-order valence-corrected chi connectivity index (χ2v) is 12.6. The van der Waals surface area contributed by atoms with E-state index in [0.717, 1.165) is 55.8 Å². The number of nitrogens with one attached hydrogen (secondary N) is 1. The van der Waals surface area contributed by atoms with E-state index in [1.165, 1.54) is 39.9 Å². The van der Waals surface area contributed by atoms with Gasteiger partial charge in [-0.2, -0.15) is 4.31 Å². The lowest BCUT2D eigenvalue weighted by atomic mass is 10.0. The highest BCUT2D eigenvalue weighted by Gasteiger charge is 2.31. The minimum atomic E-state index is -3.60. The van der Waals surface area contributed by atoms with Crippen LogP contribution in [0, 0.1) is 0 Å². The lowest BCUT2D eigenvalue weighted by Crippen LogP contribution is -2.35. The van der Waals surface area contributed by atoms with Crippen molar-refractivity contribution < 1.29 is 18.0 Å². The summed E-state index contributed by atoms with van der Waals surface area (Å²) in [6.45, 7) is 14.7. The maximum absolute atomic E-state index is 13.8. The quantitative estimate of drug-likeness (QED) is 0.369. The normalized spacial score (nSPS) is 13.9. The van der Waals surface area contributed by atoms with Gasteiger partial charge in [0.1, 0.15) is 5.00 Å². The molecule has 0 fully saturated rings. The predicted molar refractivity (Wildman–Crippen MR) is 155 cm³/mol. The molecular weight excluding hydrogens is 520 g/mol. The van der Waals surface area contributed by atoms with Crippen molar-refractivity contribution in [1.82, 2.24) is 14.1 Å². The number of nitrogens with zero attached hydrogens (tertiary/aromatic N) is 3. The zero-order valence-electron chi connectivity index (χ0n) is 23.4. The van der Waals surface area contributed by atoms with E-state index in [1.54, 1.807) is 13.8 Å². The molecule has 0 unspecified atom stereocenters. The Kier molecular flexibility index (Phi) is 10.9. The van der Waals surface area contributed by atoms with Crippen LogP contribution in [0.5, 0.6) is 0 Å². The van der Waals surface area contributed by atoms with Crippen LogP contribution < -0.4 is 5.32 Å². The Balaban J connectivity index is 1.92. The van der Waals surface area contributed by atoms with Crippen LogP contribution in [0.15, 0.2) is 29.2 Å². The monoisotopic (exact) mass is 562 g/mol. The van der Waals surface area contributed by atoms with E-state index in [0.29, 0.717) is 42.3 Å². The molecule has 1 aliphatic rings. The lowest BCUT2D eigenvalue weighted by molar-refractivity contribution is 0.0755. The summed E-state index contributed by atoms with van der Waals surface area (Å²) in [5, 5.41) is 3.59. The maximum Gasteiger partial charge on any atom is 0.257 e. The number of rotatable bonds is 13. The fourth-order valence-corrected chi connectivity index (χ4v) is 7.69. The van der Waals surface area contributed by atoms with Gasteiger partial charge in [0.05, 0.1) is 10.5 Å². The summed E-state index contributed by atoms with van der Waals surface area (Å²) < 4.78 is 27.0. The van der Waals surface area contributed by atoms with Crippen LogP contribution in [0.4, 0.5) is 5.00 Å². The summed E-state index contributed by atoms with van der Waals surface area (Å²) >= 11 is 1.49. The van der Waals surface area contributed by atoms with Crippen LogP contribution in [0.2, 0.25) is 0 Å². The molecule has 0 spiro atoms. The summed E-state index contributed by atoms with van der Waals surface area (Å²) in [4.78, 5) is 32.7. The molecule has 1 N–H and O–H groups in total. The first-order valence-corrected chi connectivity index (χ1v) is 16.0. The van der Waals surface area contributed by atoms with Crippen LogP contribution in [0.25, 0.3) is 0 Å². The second kappa shape index (κ2) is 13.7. The highest BCUT2D eigenvalue weighted by atomic mass is 32.2. The minimum Gasteiger partial charge on any atom is -0.339 e. The zero-order chi connectivity index (χ0) is 27.9. The van der Waals surface area contributed by atoms with Gasteiger partial charge in [0.15, 0.2) is 0 Å². The van der Waals surface area contributed by atoms with Gasteiger partial charge in [-0.15, -0.1) is 11.3 Å². The molecule has 0 saturated carbocycles. The van der Waals surface area contributed by atoms with Gasteiger partial charge in [0.25, 0.3) is 11.8 Å². The number of hydrogen-bond acceptors (Lipinski definition) is 6. The summed E-state index contributed by atoms with van der Waals surface area (Å²) in [7, 11) is -3.60. The van der Waals surface area contributed by atoms with Crippen molar-refractivity contribution in [3.05, 3.63) is 45.8 Å². The molecule has 0 radical (unpaired) electrons. The number of carbonyl (C=O) groups is 2. The van der Waals surface area contributed by atoms with Crippen molar-refractivity contribution in [2.24, 2.45) is 0 Å². The van der Waals surface area contributed by atoms with Crippen LogP contribution in [-0.2, 0) is 23.0 Å². The first-order chi connectivity index (χ1) is 18.2. The lowest BCUT2D eigenvalue weighted by Gasteiger charge is -2.27. The van der Waals surface area contributed by atoms with Crippen molar-refractivity contribution in [3.63, 3.8) is 0 Å². The van der Waals surface area contributed by atoms with Gasteiger partial charge in [-0.05, 0) is 62.1 Å². The smallest absolute Gasteiger partial charge is 0.257 e. The molecule has 8 nitrogen and oxygen atoms in total. The molecule has 38 heavy (non-hydrogen) atoms. The van der Waals surface area contributed by atoms with E-state index in [9.17, 15) is 18.0 Å². The van der Waals surface area contributed by atoms with Crippen LogP contribution >= 0.6 is 11.3 Å². The molecular formula is C28H42N4O4S2. The van der Waals surface area contributed by atoms with Crippen molar-refractivity contribution in [3.8, 4) is 0 Å². The minimum absolute atomic E-state index is 0.0221. The van der Waals surface area contributed by atoms with Gasteiger partial charge in [0, 0.05) is 49.7 Å². The molecule has 2 amide bonds. The number of sulfonamides is 1. The largest absolute Gasteiger partial charge is 0.339 e. The number of thiophene rings is 1. The Morgan fingerprint density at radius 2 is 1.61 bits per heavy atom. The Morgan fingerprint density at radius 3 is 2.16 bits per heavy atom. The SMILES string of the molecule is CCCN1CCc2c(sc(NC(=O)c3ccc(S(=O)(=O)N(CC)CC)cc3)c2C(=O)N(CCC)CCC)C1. The number of hydrogen-bond donors (Lipinski definition) is 1. The van der Waals surface area contributed by atoms with Gasteiger partial charge < -0.3 is 10.2 Å². The van der Waals surface area contributed by atoms with Gasteiger partial charge in [-0.25, -0.2) is 8.42 Å². The number of carbonyl (C=O) groups excluding carboxylic acids is 2. The molecule has 1 aromatic heterocycles. The average Bonchev–Trinajstić information content (AvgIpc) is 3.25. The summed E-state index contributed by atoms with van der Waals surface area (Å²) in [5.74, 6) is -0.376. The van der Waals surface area contributed by atoms with Crippen molar-refractivity contribution >= 4 is 38.2 Å². The third-order valence-electron chi connectivity index (χ3n) is 6.85. The number of benzene rings is 1. The van der Waals surface area contributed by atoms with Gasteiger partial charge in [0.2, 0.25) is 10.0 Å². The van der Waals surface area contributed by atoms with E-state index in [1.807, 2.05) is 4.90 Å². The Labute approximate surface area is 232 Å². The Hall–Kier alpha value is -2.27. The molecule has 1 aliphatic heterocycles. The van der Waals surface area contributed by atoms with Crippen LogP contribution in [0.1, 0.15) is 85.0 Å². The van der Waals surface area contributed by atoms with Gasteiger partial charge in [-0.1, -0.05) is 34.6 Å². The summed E-state index contributed by atoms with van der Waals surface area (Å²) in [5.41, 5.74) is 2.03. The third-order valence-corrected chi connectivity index (χ3v) is 10.0. The average molecular weight is 563 g/mol. The standard InChI is InChI=1S/C28H42N4O4S2/c1-6-16-30-19-15-23-24(20-30)37-27(25(23)28(34)31(17-7-2)18-8-3)29-26(33)21-11-13-22(14-12-21)38(35,36)32(9-4)10-5/h11-14H,6-10,15-20H2,1-5H3,(H,29,33). The Morgan fingerprint density at radius 1 is 0.974 bits per heavy atom. The predicted octanol–water partition coefficient (Wildman–Crippen LogP) is 5.06. The molecule has 210 valence electrons. The second-order valence-electron chi connectivity index (χ2n) is 9.59. The molecule has 2 heterocycles. The van der Waals surface area contributed by atoms with Gasteiger partial charge >= 0.3 is 0 Å². The molecule has 0 bridgehead atoms. The first kappa shape index (κ1) is 30.3. The molecule has 10 heteroatoms. The highest BCUT2D eigenvalue weighted by Crippen LogP contribution is 2.38. The maximum atomic E-state index is 13.8. The van der Waals surface area contributed by atoms with Gasteiger partial charge in [-0.3, -0.25) is 14.5 Å². The molecule has 0 aliphatic carbocycles. The van der Waals surface area contributed by atoms with Crippen molar-refractivity contribution in [1.29, 1.82) is 0 Å². The summed E-state index contributed by atoms with van der Waals surface area (Å²) in [6, 6.07) is 6.01. The Bertz CT molecular complexity index is 1200. The van der Waals surface area contributed by atoms with E-state index in [4.69, 9.17) is 0 Å². The van der Waals surface area contributed by atoms with E-state index < -0.39 is 10.0 Å². The number of anilines is 1. The molecule has 2 aromatic rings.